The molecule has 0 N–H and O–H groups in total. The number of carbonyl (C=O) groups excluding carboxylic acids is 1. The average Bonchev–Trinajstić information content (AvgIpc) is 3.02. The summed E-state index contributed by atoms with van der Waals surface area (Å²) in [6.07, 6.45) is -3.53. The minimum absolute atomic E-state index is 0.0328. The molecule has 0 radical (unpaired) electrons. The molecule has 0 unspecified atom stereocenters. The Morgan fingerprint density at radius 3 is 2.54 bits per heavy atom. The molecule has 0 spiro atoms. The third-order valence-electron chi connectivity index (χ3n) is 3.52. The van der Waals surface area contributed by atoms with Crippen LogP contribution in [0.1, 0.15) is 22.8 Å². The van der Waals surface area contributed by atoms with Gasteiger partial charge in [0.05, 0.1) is 17.9 Å². The number of fused-ring (bicyclic) bond motifs is 1. The fraction of sp³-hybridized carbons (Fsp3) is 0.235. The van der Waals surface area contributed by atoms with Crippen LogP contribution in [-0.4, -0.2) is 32.7 Å². The van der Waals surface area contributed by atoms with E-state index < -0.39 is 11.7 Å². The largest absolute Gasteiger partial charge is 0.494 e. The van der Waals surface area contributed by atoms with Gasteiger partial charge in [-0.2, -0.15) is 13.2 Å². The van der Waals surface area contributed by atoms with Gasteiger partial charge in [0.25, 0.3) is 0 Å². The van der Waals surface area contributed by atoms with Crippen molar-refractivity contribution in [2.75, 3.05) is 12.4 Å². The van der Waals surface area contributed by atoms with Crippen molar-refractivity contribution in [3.63, 3.8) is 0 Å². The van der Waals surface area contributed by atoms with Crippen molar-refractivity contribution in [2.24, 2.45) is 0 Å². The van der Waals surface area contributed by atoms with Crippen molar-refractivity contribution in [3.8, 4) is 5.75 Å². The summed E-state index contributed by atoms with van der Waals surface area (Å²) in [6, 6.07) is 8.89. The highest BCUT2D eigenvalue weighted by Gasteiger charge is 2.31. The summed E-state index contributed by atoms with van der Waals surface area (Å²) in [4.78, 5) is 12.3. The second-order valence-corrected chi connectivity index (χ2v) is 6.24. The van der Waals surface area contributed by atoms with Crippen molar-refractivity contribution in [3.05, 3.63) is 53.7 Å². The topological polar surface area (TPSA) is 56.5 Å². The van der Waals surface area contributed by atoms with E-state index in [1.54, 1.807) is 24.3 Å². The van der Waals surface area contributed by atoms with Crippen molar-refractivity contribution in [1.29, 1.82) is 0 Å². The molecule has 2 aromatic heterocycles. The number of aromatic nitrogens is 3. The summed E-state index contributed by atoms with van der Waals surface area (Å²) in [6.45, 7) is 2.39. The van der Waals surface area contributed by atoms with Gasteiger partial charge in [0.1, 0.15) is 5.75 Å². The highest BCUT2D eigenvalue weighted by Crippen LogP contribution is 2.30. The Bertz CT molecular complexity index is 923. The molecule has 2 heterocycles. The summed E-state index contributed by atoms with van der Waals surface area (Å²) in [5, 5.41) is 7.91. The minimum Gasteiger partial charge on any atom is -0.494 e. The van der Waals surface area contributed by atoms with E-state index in [1.807, 2.05) is 6.92 Å². The molecular formula is C17H14F3N3O2S. The van der Waals surface area contributed by atoms with Gasteiger partial charge in [-0.15, -0.1) is 10.2 Å². The van der Waals surface area contributed by atoms with Crippen molar-refractivity contribution in [2.45, 2.75) is 18.3 Å². The summed E-state index contributed by atoms with van der Waals surface area (Å²) in [5.41, 5.74) is -0.0238. The Morgan fingerprint density at radius 1 is 1.15 bits per heavy atom. The van der Waals surface area contributed by atoms with Gasteiger partial charge < -0.3 is 4.74 Å². The lowest BCUT2D eigenvalue weighted by atomic mass is 10.1. The third-order valence-corrected chi connectivity index (χ3v) is 4.46. The Balaban J connectivity index is 1.73. The summed E-state index contributed by atoms with van der Waals surface area (Å²) in [5.74, 6) is 0.534. The van der Waals surface area contributed by atoms with Crippen LogP contribution in [0.5, 0.6) is 5.75 Å². The predicted octanol–water partition coefficient (Wildman–Crippen LogP) is 4.12. The molecular weight excluding hydrogens is 367 g/mol. The number of nitrogens with zero attached hydrogens (tertiary/aromatic N) is 3. The van der Waals surface area contributed by atoms with E-state index in [0.717, 1.165) is 24.0 Å². The molecule has 3 rings (SSSR count). The maximum Gasteiger partial charge on any atom is 0.417 e. The maximum absolute atomic E-state index is 12.9. The molecule has 0 saturated carbocycles. The molecule has 0 amide bonds. The van der Waals surface area contributed by atoms with Crippen molar-refractivity contribution < 1.29 is 22.7 Å². The van der Waals surface area contributed by atoms with Crippen LogP contribution in [0.15, 0.2) is 47.8 Å². The molecule has 0 aliphatic rings. The van der Waals surface area contributed by atoms with E-state index in [1.165, 1.54) is 10.5 Å². The summed E-state index contributed by atoms with van der Waals surface area (Å²) < 4.78 is 45.1. The Hall–Kier alpha value is -2.55. The molecule has 3 aromatic rings. The Kier molecular flexibility index (Phi) is 5.17. The van der Waals surface area contributed by atoms with Gasteiger partial charge in [0.2, 0.25) is 0 Å². The molecule has 9 heteroatoms. The second kappa shape index (κ2) is 7.36. The molecule has 0 atom stereocenters. The number of hydrogen-bond acceptors (Lipinski definition) is 5. The first-order valence-corrected chi connectivity index (χ1v) is 8.68. The first-order chi connectivity index (χ1) is 12.4. The average molecular weight is 381 g/mol. The zero-order valence-electron chi connectivity index (χ0n) is 13.7. The Morgan fingerprint density at radius 2 is 1.88 bits per heavy atom. The minimum atomic E-state index is -4.46. The van der Waals surface area contributed by atoms with Gasteiger partial charge in [-0.25, -0.2) is 0 Å². The monoisotopic (exact) mass is 381 g/mol. The molecule has 136 valence electrons. The standard InChI is InChI=1S/C17H14F3N3O2S/c1-2-25-13-6-3-11(4-7-13)14(24)10-26-16-22-21-15-8-5-12(9-23(15)16)17(18,19)20/h3-9H,2,10H2,1H3. The molecule has 0 aliphatic carbocycles. The molecule has 0 saturated heterocycles. The van der Waals surface area contributed by atoms with E-state index in [2.05, 4.69) is 10.2 Å². The number of ether oxygens (including phenoxy) is 1. The molecule has 1 aromatic carbocycles. The first kappa shape index (κ1) is 18.2. The maximum atomic E-state index is 12.9. The van der Waals surface area contributed by atoms with E-state index in [9.17, 15) is 18.0 Å². The van der Waals surface area contributed by atoms with Gasteiger partial charge in [-0.3, -0.25) is 9.20 Å². The van der Waals surface area contributed by atoms with E-state index >= 15 is 0 Å². The number of hydrogen-bond donors (Lipinski definition) is 0. The smallest absolute Gasteiger partial charge is 0.417 e. The van der Waals surface area contributed by atoms with Crippen LogP contribution in [0.2, 0.25) is 0 Å². The zero-order valence-corrected chi connectivity index (χ0v) is 14.5. The van der Waals surface area contributed by atoms with Gasteiger partial charge in [-0.1, -0.05) is 11.8 Å². The van der Waals surface area contributed by atoms with Crippen LogP contribution in [0, 0.1) is 0 Å². The van der Waals surface area contributed by atoms with Crippen LogP contribution in [0.25, 0.3) is 5.65 Å². The fourth-order valence-corrected chi connectivity index (χ4v) is 3.06. The fourth-order valence-electron chi connectivity index (χ4n) is 2.25. The molecule has 26 heavy (non-hydrogen) atoms. The summed E-state index contributed by atoms with van der Waals surface area (Å²) in [7, 11) is 0. The molecule has 0 bridgehead atoms. The van der Waals surface area contributed by atoms with Gasteiger partial charge in [0.15, 0.2) is 16.6 Å². The second-order valence-electron chi connectivity index (χ2n) is 5.30. The van der Waals surface area contributed by atoms with Crippen LogP contribution in [-0.2, 0) is 6.18 Å². The van der Waals surface area contributed by atoms with Gasteiger partial charge in [0, 0.05) is 11.8 Å². The number of rotatable bonds is 6. The zero-order chi connectivity index (χ0) is 18.7. The normalized spacial score (nSPS) is 11.7. The number of pyridine rings is 1. The highest BCUT2D eigenvalue weighted by atomic mass is 32.2. The van der Waals surface area contributed by atoms with E-state index in [-0.39, 0.29) is 22.3 Å². The lowest BCUT2D eigenvalue weighted by Gasteiger charge is -2.07. The number of thioether (sulfide) groups is 1. The number of Topliss-reactive ketones (excluding diaryl/α,β-unsaturated/α-hetero) is 1. The SMILES string of the molecule is CCOc1ccc(C(=O)CSc2nnc3ccc(C(F)(F)F)cn23)cc1. The summed E-state index contributed by atoms with van der Waals surface area (Å²) >= 11 is 1.03. The molecule has 0 aliphatic heterocycles. The third kappa shape index (κ3) is 3.98. The number of halogens is 3. The lowest BCUT2D eigenvalue weighted by Crippen LogP contribution is -2.07. The van der Waals surface area contributed by atoms with Gasteiger partial charge in [-0.05, 0) is 43.3 Å². The molecule has 5 nitrogen and oxygen atoms in total. The highest BCUT2D eigenvalue weighted by molar-refractivity contribution is 7.99. The van der Waals surface area contributed by atoms with Crippen LogP contribution in [0.4, 0.5) is 13.2 Å². The predicted molar refractivity (Wildman–Crippen MR) is 90.7 cm³/mol. The number of carbonyl (C=O) groups is 1. The molecule has 0 fully saturated rings. The van der Waals surface area contributed by atoms with Crippen LogP contribution in [0.3, 0.4) is 0 Å². The lowest BCUT2D eigenvalue weighted by molar-refractivity contribution is -0.137. The van der Waals surface area contributed by atoms with Crippen LogP contribution >= 0.6 is 11.8 Å². The van der Waals surface area contributed by atoms with Gasteiger partial charge >= 0.3 is 6.18 Å². The number of ketones is 1. The van der Waals surface area contributed by atoms with Crippen LogP contribution < -0.4 is 4.74 Å². The number of alkyl halides is 3. The van der Waals surface area contributed by atoms with E-state index in [0.29, 0.717) is 17.9 Å². The Labute approximate surface area is 151 Å². The van der Waals surface area contributed by atoms with Crippen molar-refractivity contribution in [1.82, 2.24) is 14.6 Å². The van der Waals surface area contributed by atoms with Crippen molar-refractivity contribution >= 4 is 23.2 Å². The van der Waals surface area contributed by atoms with E-state index in [4.69, 9.17) is 4.74 Å². The number of benzene rings is 1. The first-order valence-electron chi connectivity index (χ1n) is 7.69. The quantitative estimate of drug-likeness (QED) is 0.475.